The molecule has 2 heterocycles. The number of thioether (sulfide) groups is 1. The van der Waals surface area contributed by atoms with Gasteiger partial charge in [-0.1, -0.05) is 30.0 Å². The van der Waals surface area contributed by atoms with E-state index in [1.165, 1.54) is 11.8 Å². The Hall–Kier alpha value is -4.31. The van der Waals surface area contributed by atoms with Gasteiger partial charge in [0, 0.05) is 48.7 Å². The maximum Gasteiger partial charge on any atom is 0.277 e. The number of hydrogen-bond donors (Lipinski definition) is 1. The summed E-state index contributed by atoms with van der Waals surface area (Å²) in [5.74, 6) is 1.21. The molecule has 1 saturated heterocycles. The summed E-state index contributed by atoms with van der Waals surface area (Å²) in [6.07, 6.45) is 0. The molecule has 1 N–H and O–H groups in total. The molecule has 0 atom stereocenters. The third-order valence-corrected chi connectivity index (χ3v) is 7.07. The molecule has 39 heavy (non-hydrogen) atoms. The first kappa shape index (κ1) is 26.3. The molecule has 3 aromatic carbocycles. The maximum atomic E-state index is 12.7. The second-order valence-corrected chi connectivity index (χ2v) is 9.79. The summed E-state index contributed by atoms with van der Waals surface area (Å²) < 4.78 is 11.1. The SMILES string of the molecule is CCOc1ccc(-c2nnc(SCC(=O)Nc3ccc(N4CCN(C(=O)c5ccccc5)CC4)cc3)o2)cc1. The molecule has 0 radical (unpaired) electrons. The van der Waals surface area contributed by atoms with Crippen LogP contribution in [0.1, 0.15) is 17.3 Å². The van der Waals surface area contributed by atoms with E-state index in [9.17, 15) is 9.59 Å². The third-order valence-electron chi connectivity index (χ3n) is 6.25. The van der Waals surface area contributed by atoms with Gasteiger partial charge in [-0.2, -0.15) is 0 Å². The van der Waals surface area contributed by atoms with Crippen molar-refractivity contribution in [2.75, 3.05) is 48.8 Å². The first-order valence-electron chi connectivity index (χ1n) is 12.8. The molecule has 1 aromatic heterocycles. The summed E-state index contributed by atoms with van der Waals surface area (Å²) in [5, 5.41) is 11.3. The summed E-state index contributed by atoms with van der Waals surface area (Å²) in [5.41, 5.74) is 3.27. The fraction of sp³-hybridized carbons (Fsp3) is 0.241. The molecule has 0 aliphatic carbocycles. The monoisotopic (exact) mass is 543 g/mol. The highest BCUT2D eigenvalue weighted by Gasteiger charge is 2.22. The topological polar surface area (TPSA) is 101 Å². The Balaban J connectivity index is 1.07. The number of nitrogens with one attached hydrogen (secondary N) is 1. The number of rotatable bonds is 9. The van der Waals surface area contributed by atoms with Crippen LogP contribution in [0.5, 0.6) is 5.75 Å². The van der Waals surface area contributed by atoms with E-state index < -0.39 is 0 Å². The van der Waals surface area contributed by atoms with Crippen LogP contribution in [0.4, 0.5) is 11.4 Å². The lowest BCUT2D eigenvalue weighted by molar-refractivity contribution is -0.113. The average Bonchev–Trinajstić information content (AvgIpc) is 3.46. The van der Waals surface area contributed by atoms with Gasteiger partial charge >= 0.3 is 0 Å². The molecular weight excluding hydrogens is 514 g/mol. The Morgan fingerprint density at radius 3 is 2.33 bits per heavy atom. The van der Waals surface area contributed by atoms with Crippen LogP contribution in [0.2, 0.25) is 0 Å². The van der Waals surface area contributed by atoms with Crippen molar-refractivity contribution in [1.82, 2.24) is 15.1 Å². The molecule has 1 aliphatic heterocycles. The zero-order valence-corrected chi connectivity index (χ0v) is 22.4. The molecule has 0 unspecified atom stereocenters. The summed E-state index contributed by atoms with van der Waals surface area (Å²) in [6, 6.07) is 24.5. The van der Waals surface area contributed by atoms with Crippen molar-refractivity contribution < 1.29 is 18.7 Å². The number of aromatic nitrogens is 2. The number of carbonyl (C=O) groups is 2. The first-order valence-corrected chi connectivity index (χ1v) is 13.8. The lowest BCUT2D eigenvalue weighted by Crippen LogP contribution is -2.48. The number of carbonyl (C=O) groups excluding carboxylic acids is 2. The van der Waals surface area contributed by atoms with Crippen LogP contribution >= 0.6 is 11.8 Å². The molecule has 4 aromatic rings. The molecule has 10 heteroatoms. The minimum atomic E-state index is -0.165. The number of hydrogen-bond acceptors (Lipinski definition) is 8. The van der Waals surface area contributed by atoms with E-state index in [-0.39, 0.29) is 17.6 Å². The van der Waals surface area contributed by atoms with E-state index in [1.807, 2.05) is 90.7 Å². The van der Waals surface area contributed by atoms with Crippen molar-refractivity contribution in [3.05, 3.63) is 84.4 Å². The lowest BCUT2D eigenvalue weighted by Gasteiger charge is -2.36. The predicted octanol–water partition coefficient (Wildman–Crippen LogP) is 4.83. The van der Waals surface area contributed by atoms with Gasteiger partial charge in [-0.25, -0.2) is 0 Å². The molecule has 2 amide bonds. The van der Waals surface area contributed by atoms with Crippen LogP contribution < -0.4 is 15.0 Å². The number of amides is 2. The van der Waals surface area contributed by atoms with Gasteiger partial charge in [0.25, 0.3) is 11.1 Å². The zero-order chi connectivity index (χ0) is 27.0. The molecule has 5 rings (SSSR count). The average molecular weight is 544 g/mol. The smallest absolute Gasteiger partial charge is 0.277 e. The van der Waals surface area contributed by atoms with Crippen LogP contribution in [0.3, 0.4) is 0 Å². The predicted molar refractivity (Wildman–Crippen MR) is 151 cm³/mol. The molecular formula is C29H29N5O4S. The Morgan fingerprint density at radius 1 is 0.923 bits per heavy atom. The van der Waals surface area contributed by atoms with Gasteiger partial charge in [-0.15, -0.1) is 10.2 Å². The largest absolute Gasteiger partial charge is 0.494 e. The second kappa shape index (κ2) is 12.5. The fourth-order valence-corrected chi connectivity index (χ4v) is 4.82. The van der Waals surface area contributed by atoms with Gasteiger partial charge in [-0.3, -0.25) is 9.59 Å². The summed E-state index contributed by atoms with van der Waals surface area (Å²) in [4.78, 5) is 29.3. The van der Waals surface area contributed by atoms with Crippen LogP contribution in [-0.2, 0) is 4.79 Å². The number of piperazine rings is 1. The van der Waals surface area contributed by atoms with Crippen LogP contribution in [0, 0.1) is 0 Å². The highest BCUT2D eigenvalue weighted by Crippen LogP contribution is 2.25. The van der Waals surface area contributed by atoms with Crippen molar-refractivity contribution >= 4 is 35.0 Å². The highest BCUT2D eigenvalue weighted by atomic mass is 32.2. The normalized spacial score (nSPS) is 13.3. The molecule has 0 saturated carbocycles. The minimum absolute atomic E-state index is 0.0686. The molecule has 9 nitrogen and oxygen atoms in total. The molecule has 0 bridgehead atoms. The summed E-state index contributed by atoms with van der Waals surface area (Å²) in [6.45, 7) is 5.37. The van der Waals surface area contributed by atoms with Crippen LogP contribution in [0.25, 0.3) is 11.5 Å². The van der Waals surface area contributed by atoms with Gasteiger partial charge in [0.2, 0.25) is 11.8 Å². The Kier molecular flexibility index (Phi) is 8.42. The third kappa shape index (κ3) is 6.77. The van der Waals surface area contributed by atoms with Gasteiger partial charge in [0.1, 0.15) is 5.75 Å². The molecule has 0 spiro atoms. The number of ether oxygens (including phenoxy) is 1. The lowest BCUT2D eigenvalue weighted by atomic mass is 10.1. The second-order valence-electron chi connectivity index (χ2n) is 8.86. The Bertz CT molecular complexity index is 1390. The van der Waals surface area contributed by atoms with E-state index in [0.29, 0.717) is 36.5 Å². The Labute approximate surface area is 231 Å². The number of benzene rings is 3. The van der Waals surface area contributed by atoms with Crippen molar-refractivity contribution in [2.45, 2.75) is 12.1 Å². The van der Waals surface area contributed by atoms with Crippen LogP contribution in [-0.4, -0.2) is 65.5 Å². The Morgan fingerprint density at radius 2 is 1.64 bits per heavy atom. The van der Waals surface area contributed by atoms with Crippen LogP contribution in [0.15, 0.2) is 88.5 Å². The fourth-order valence-electron chi connectivity index (χ4n) is 4.26. The van der Waals surface area contributed by atoms with Gasteiger partial charge < -0.3 is 24.3 Å². The van der Waals surface area contributed by atoms with Crippen molar-refractivity contribution in [1.29, 1.82) is 0 Å². The number of nitrogens with zero attached hydrogens (tertiary/aromatic N) is 4. The van der Waals surface area contributed by atoms with Gasteiger partial charge in [-0.05, 0) is 67.6 Å². The number of anilines is 2. The molecule has 200 valence electrons. The first-order chi connectivity index (χ1) is 19.1. The zero-order valence-electron chi connectivity index (χ0n) is 21.6. The van der Waals surface area contributed by atoms with Crippen molar-refractivity contribution in [3.63, 3.8) is 0 Å². The van der Waals surface area contributed by atoms with Crippen molar-refractivity contribution in [2.24, 2.45) is 0 Å². The maximum absolute atomic E-state index is 12.7. The van der Waals surface area contributed by atoms with Crippen molar-refractivity contribution in [3.8, 4) is 17.2 Å². The summed E-state index contributed by atoms with van der Waals surface area (Å²) in [7, 11) is 0. The van der Waals surface area contributed by atoms with E-state index >= 15 is 0 Å². The van der Waals surface area contributed by atoms with E-state index in [4.69, 9.17) is 9.15 Å². The molecule has 1 fully saturated rings. The standard InChI is InChI=1S/C29H29N5O4S/c1-2-37-25-14-8-21(9-15-25)27-31-32-29(38-27)39-20-26(35)30-23-10-12-24(13-11-23)33-16-18-34(19-17-33)28(36)22-6-4-3-5-7-22/h3-15H,2,16-20H2,1H3,(H,30,35). The highest BCUT2D eigenvalue weighted by molar-refractivity contribution is 7.99. The quantitative estimate of drug-likeness (QED) is 0.300. The van der Waals surface area contributed by atoms with E-state index in [1.54, 1.807) is 0 Å². The molecule has 1 aliphatic rings. The summed E-state index contributed by atoms with van der Waals surface area (Å²) >= 11 is 1.18. The van der Waals surface area contributed by atoms with E-state index in [0.717, 1.165) is 35.7 Å². The van der Waals surface area contributed by atoms with Gasteiger partial charge in [0.15, 0.2) is 0 Å². The minimum Gasteiger partial charge on any atom is -0.494 e. The van der Waals surface area contributed by atoms with E-state index in [2.05, 4.69) is 20.4 Å². The van der Waals surface area contributed by atoms with Gasteiger partial charge in [0.05, 0.1) is 12.4 Å².